The molecule has 0 aliphatic carbocycles. The van der Waals surface area contributed by atoms with Crippen LogP contribution in [0, 0.1) is 0 Å². The number of esters is 1. The first-order valence-corrected chi connectivity index (χ1v) is 6.36. The van der Waals surface area contributed by atoms with Gasteiger partial charge in [0.15, 0.2) is 0 Å². The van der Waals surface area contributed by atoms with E-state index in [1.54, 1.807) is 13.1 Å². The normalized spacial score (nSPS) is 12.9. The summed E-state index contributed by atoms with van der Waals surface area (Å²) in [5.74, 6) is 0.229. The Labute approximate surface area is 117 Å². The van der Waals surface area contributed by atoms with Gasteiger partial charge >= 0.3 is 5.97 Å². The Bertz CT molecular complexity index is 551. The molecule has 1 amide bonds. The Kier molecular flexibility index (Phi) is 4.40. The molecule has 0 atom stereocenters. The molecule has 1 aromatic rings. The van der Waals surface area contributed by atoms with Crippen molar-refractivity contribution in [3.05, 3.63) is 35.4 Å². The molecule has 20 heavy (non-hydrogen) atoms. The van der Waals surface area contributed by atoms with E-state index in [0.29, 0.717) is 6.61 Å². The first kappa shape index (κ1) is 14.1. The third kappa shape index (κ3) is 3.38. The third-order valence-electron chi connectivity index (χ3n) is 3.10. The topological polar surface area (TPSA) is 55.8 Å². The highest BCUT2D eigenvalue weighted by Gasteiger charge is 2.12. The van der Waals surface area contributed by atoms with E-state index in [9.17, 15) is 9.59 Å². The number of ether oxygens (including phenoxy) is 2. The van der Waals surface area contributed by atoms with Crippen molar-refractivity contribution in [2.45, 2.75) is 6.42 Å². The number of likely N-dealkylation sites (N-methyl/N-ethyl adjacent to an activating group) is 1. The van der Waals surface area contributed by atoms with Crippen molar-refractivity contribution in [2.24, 2.45) is 0 Å². The van der Waals surface area contributed by atoms with E-state index in [-0.39, 0.29) is 12.5 Å². The summed E-state index contributed by atoms with van der Waals surface area (Å²) in [5, 5.41) is 0. The minimum atomic E-state index is -0.441. The van der Waals surface area contributed by atoms with E-state index in [1.165, 1.54) is 18.1 Å². The van der Waals surface area contributed by atoms with Crippen molar-refractivity contribution >= 4 is 18.0 Å². The molecule has 0 bridgehead atoms. The summed E-state index contributed by atoms with van der Waals surface area (Å²) in [5.41, 5.74) is 2.09. The Morgan fingerprint density at radius 3 is 3.00 bits per heavy atom. The van der Waals surface area contributed by atoms with Gasteiger partial charge in [-0.25, -0.2) is 0 Å². The summed E-state index contributed by atoms with van der Waals surface area (Å²) in [4.78, 5) is 24.2. The lowest BCUT2D eigenvalue weighted by Gasteiger charge is -2.12. The van der Waals surface area contributed by atoms with Crippen LogP contribution in [0.4, 0.5) is 0 Å². The Hall–Kier alpha value is -2.30. The number of carbonyl (C=O) groups is 2. The molecule has 0 N–H and O–H groups in total. The molecule has 0 saturated carbocycles. The van der Waals surface area contributed by atoms with E-state index >= 15 is 0 Å². The van der Waals surface area contributed by atoms with Gasteiger partial charge in [0.2, 0.25) is 5.91 Å². The van der Waals surface area contributed by atoms with Crippen LogP contribution in [0.15, 0.2) is 24.3 Å². The van der Waals surface area contributed by atoms with Crippen LogP contribution in [-0.2, 0) is 20.7 Å². The minimum absolute atomic E-state index is 0.0578. The number of methoxy groups -OCH3 is 1. The molecule has 1 heterocycles. The van der Waals surface area contributed by atoms with Crippen LogP contribution in [0.1, 0.15) is 11.1 Å². The van der Waals surface area contributed by atoms with Crippen molar-refractivity contribution in [2.75, 3.05) is 27.3 Å². The van der Waals surface area contributed by atoms with Crippen molar-refractivity contribution in [3.8, 4) is 5.75 Å². The summed E-state index contributed by atoms with van der Waals surface area (Å²) < 4.78 is 9.94. The lowest BCUT2D eigenvalue weighted by atomic mass is 10.1. The lowest BCUT2D eigenvalue weighted by Crippen LogP contribution is -2.31. The fraction of sp³-hybridized carbons (Fsp3) is 0.333. The zero-order valence-electron chi connectivity index (χ0n) is 11.6. The molecular formula is C15H17NO4. The minimum Gasteiger partial charge on any atom is -0.493 e. The highest BCUT2D eigenvalue weighted by Crippen LogP contribution is 2.26. The summed E-state index contributed by atoms with van der Waals surface area (Å²) in [7, 11) is 2.85. The third-order valence-corrected chi connectivity index (χ3v) is 3.10. The Morgan fingerprint density at radius 1 is 1.45 bits per heavy atom. The molecule has 1 aromatic carbocycles. The molecular weight excluding hydrogens is 258 g/mol. The number of carbonyl (C=O) groups excluding carboxylic acids is 2. The molecule has 0 radical (unpaired) electrons. The van der Waals surface area contributed by atoms with Crippen LogP contribution in [0.25, 0.3) is 6.08 Å². The lowest BCUT2D eigenvalue weighted by molar-refractivity contribution is -0.144. The number of fused-ring (bicyclic) bond motifs is 1. The molecule has 0 aromatic heterocycles. The number of benzene rings is 1. The van der Waals surface area contributed by atoms with E-state index in [1.807, 2.05) is 18.2 Å². The van der Waals surface area contributed by atoms with Crippen LogP contribution in [0.2, 0.25) is 0 Å². The second-order valence-corrected chi connectivity index (χ2v) is 4.57. The molecule has 0 unspecified atom stereocenters. The number of rotatable bonds is 4. The van der Waals surface area contributed by atoms with Crippen molar-refractivity contribution < 1.29 is 19.1 Å². The SMILES string of the molecule is COC(=O)CN(C)C(=O)/C=C/c1ccc2c(c1)CCO2. The Balaban J connectivity index is 1.98. The molecule has 5 heteroatoms. The highest BCUT2D eigenvalue weighted by molar-refractivity contribution is 5.93. The van der Waals surface area contributed by atoms with E-state index < -0.39 is 5.97 Å². The standard InChI is InChI=1S/C15H17NO4/c1-16(10-15(18)19-2)14(17)6-4-11-3-5-13-12(9-11)7-8-20-13/h3-6,9H,7-8,10H2,1-2H3/b6-4+. The Morgan fingerprint density at radius 2 is 2.25 bits per heavy atom. The molecule has 5 nitrogen and oxygen atoms in total. The number of nitrogens with zero attached hydrogens (tertiary/aromatic N) is 1. The molecule has 2 rings (SSSR count). The van der Waals surface area contributed by atoms with E-state index in [0.717, 1.165) is 23.3 Å². The molecule has 1 aliphatic heterocycles. The predicted octanol–water partition coefficient (Wildman–Crippen LogP) is 1.27. The van der Waals surface area contributed by atoms with E-state index in [2.05, 4.69) is 4.74 Å². The molecule has 1 aliphatic rings. The first-order chi connectivity index (χ1) is 9.60. The summed E-state index contributed by atoms with van der Waals surface area (Å²) in [6.45, 7) is 0.654. The fourth-order valence-electron chi connectivity index (χ4n) is 1.94. The van der Waals surface area contributed by atoms with Crippen LogP contribution in [0.3, 0.4) is 0 Å². The number of hydrogen-bond donors (Lipinski definition) is 0. The predicted molar refractivity (Wildman–Crippen MR) is 74.3 cm³/mol. The first-order valence-electron chi connectivity index (χ1n) is 6.36. The number of hydrogen-bond acceptors (Lipinski definition) is 4. The van der Waals surface area contributed by atoms with Crippen LogP contribution < -0.4 is 4.74 Å². The van der Waals surface area contributed by atoms with Gasteiger partial charge in [0, 0.05) is 19.5 Å². The van der Waals surface area contributed by atoms with Gasteiger partial charge in [-0.1, -0.05) is 6.07 Å². The summed E-state index contributed by atoms with van der Waals surface area (Å²) in [6, 6.07) is 5.81. The van der Waals surface area contributed by atoms with E-state index in [4.69, 9.17) is 4.74 Å². The molecule has 106 valence electrons. The second kappa shape index (κ2) is 6.23. The summed E-state index contributed by atoms with van der Waals surface area (Å²) in [6.07, 6.45) is 4.07. The van der Waals surface area contributed by atoms with Gasteiger partial charge in [-0.2, -0.15) is 0 Å². The average Bonchev–Trinajstić information content (AvgIpc) is 2.91. The van der Waals surface area contributed by atoms with Crippen molar-refractivity contribution in [3.63, 3.8) is 0 Å². The smallest absolute Gasteiger partial charge is 0.325 e. The van der Waals surface area contributed by atoms with Gasteiger partial charge in [0.1, 0.15) is 12.3 Å². The second-order valence-electron chi connectivity index (χ2n) is 4.57. The number of amides is 1. The van der Waals surface area contributed by atoms with Gasteiger partial charge in [-0.05, 0) is 29.3 Å². The van der Waals surface area contributed by atoms with Gasteiger partial charge < -0.3 is 14.4 Å². The maximum absolute atomic E-state index is 11.8. The maximum atomic E-state index is 11.8. The van der Waals surface area contributed by atoms with Crippen LogP contribution >= 0.6 is 0 Å². The fourth-order valence-corrected chi connectivity index (χ4v) is 1.94. The zero-order valence-corrected chi connectivity index (χ0v) is 11.6. The highest BCUT2D eigenvalue weighted by atomic mass is 16.5. The molecule has 0 spiro atoms. The van der Waals surface area contributed by atoms with Crippen molar-refractivity contribution in [1.29, 1.82) is 0 Å². The average molecular weight is 275 g/mol. The van der Waals surface area contributed by atoms with Gasteiger partial charge in [0.05, 0.1) is 13.7 Å². The molecule has 0 fully saturated rings. The summed E-state index contributed by atoms with van der Waals surface area (Å²) >= 11 is 0. The van der Waals surface area contributed by atoms with Crippen LogP contribution in [-0.4, -0.2) is 44.1 Å². The monoisotopic (exact) mass is 275 g/mol. The van der Waals surface area contributed by atoms with Gasteiger partial charge in [-0.3, -0.25) is 9.59 Å². The van der Waals surface area contributed by atoms with Gasteiger partial charge in [-0.15, -0.1) is 0 Å². The van der Waals surface area contributed by atoms with Gasteiger partial charge in [0.25, 0.3) is 0 Å². The largest absolute Gasteiger partial charge is 0.493 e. The zero-order chi connectivity index (χ0) is 14.5. The maximum Gasteiger partial charge on any atom is 0.325 e. The van der Waals surface area contributed by atoms with Crippen LogP contribution in [0.5, 0.6) is 5.75 Å². The van der Waals surface area contributed by atoms with Crippen molar-refractivity contribution in [1.82, 2.24) is 4.90 Å². The quantitative estimate of drug-likeness (QED) is 0.613. The molecule has 0 saturated heterocycles.